The van der Waals surface area contributed by atoms with Gasteiger partial charge in [0, 0.05) is 5.69 Å². The molecule has 0 bridgehead atoms. The van der Waals surface area contributed by atoms with Crippen LogP contribution in [0.4, 0.5) is 8.78 Å². The molecule has 1 rings (SSSR count). The van der Waals surface area contributed by atoms with Crippen molar-refractivity contribution in [3.8, 4) is 0 Å². The molecule has 0 aliphatic carbocycles. The molecular weight excluding hydrogens is 250 g/mol. The molecule has 0 spiro atoms. The number of pyridine rings is 1. The van der Waals surface area contributed by atoms with Crippen molar-refractivity contribution in [3.63, 3.8) is 0 Å². The lowest BCUT2D eigenvalue weighted by Gasteiger charge is -2.08. The summed E-state index contributed by atoms with van der Waals surface area (Å²) in [6, 6.07) is 0.811. The highest BCUT2D eigenvalue weighted by atomic mass is 35.5. The third-order valence-electron chi connectivity index (χ3n) is 1.68. The van der Waals surface area contributed by atoms with E-state index >= 15 is 0 Å². The van der Waals surface area contributed by atoms with E-state index in [-0.39, 0.29) is 10.7 Å². The van der Waals surface area contributed by atoms with Crippen LogP contribution in [-0.2, 0) is 10.0 Å². The maximum Gasteiger partial charge on any atom is 0.267 e. The molecule has 1 heterocycles. The first-order valence-electron chi connectivity index (χ1n) is 3.71. The third kappa shape index (κ3) is 2.61. The van der Waals surface area contributed by atoms with E-state index in [0.717, 1.165) is 6.07 Å². The quantitative estimate of drug-likeness (QED) is 0.874. The molecule has 2 N–H and O–H groups in total. The molecule has 0 radical (unpaired) electrons. The predicted molar refractivity (Wildman–Crippen MR) is 50.3 cm³/mol. The highest BCUT2D eigenvalue weighted by molar-refractivity contribution is 7.89. The number of aromatic nitrogens is 1. The number of alkyl halides is 2. The molecule has 0 aromatic carbocycles. The summed E-state index contributed by atoms with van der Waals surface area (Å²) < 4.78 is 46.6. The van der Waals surface area contributed by atoms with Gasteiger partial charge in [-0.2, -0.15) is 0 Å². The average Bonchev–Trinajstić information content (AvgIpc) is 1.99. The number of rotatable bonds is 2. The molecule has 1 aromatic heterocycles. The first-order valence-corrected chi connectivity index (χ1v) is 5.64. The molecule has 0 unspecified atom stereocenters. The number of aryl methyl sites for hydroxylation is 1. The summed E-state index contributed by atoms with van der Waals surface area (Å²) in [5.41, 5.74) is -0.634. The van der Waals surface area contributed by atoms with Crippen molar-refractivity contribution < 1.29 is 17.2 Å². The van der Waals surface area contributed by atoms with Crippen LogP contribution in [0.5, 0.6) is 0 Å². The van der Waals surface area contributed by atoms with Gasteiger partial charge in [-0.15, -0.1) is 0 Å². The van der Waals surface area contributed by atoms with E-state index in [0.29, 0.717) is 0 Å². The van der Waals surface area contributed by atoms with E-state index in [9.17, 15) is 17.2 Å². The Morgan fingerprint density at radius 1 is 1.53 bits per heavy atom. The number of hydrogen-bond donors (Lipinski definition) is 1. The number of primary sulfonamides is 1. The Morgan fingerprint density at radius 2 is 2.07 bits per heavy atom. The van der Waals surface area contributed by atoms with Gasteiger partial charge < -0.3 is 0 Å². The van der Waals surface area contributed by atoms with Crippen LogP contribution in [-0.4, -0.2) is 13.4 Å². The molecule has 8 heteroatoms. The van der Waals surface area contributed by atoms with Gasteiger partial charge in [0.15, 0.2) is 5.03 Å². The van der Waals surface area contributed by atoms with Crippen molar-refractivity contribution in [2.45, 2.75) is 18.4 Å². The molecule has 0 atom stereocenters. The summed E-state index contributed by atoms with van der Waals surface area (Å²) in [5, 5.41) is 3.91. The second kappa shape index (κ2) is 3.99. The van der Waals surface area contributed by atoms with Crippen molar-refractivity contribution in [2.75, 3.05) is 0 Å². The van der Waals surface area contributed by atoms with Gasteiger partial charge in [-0.1, -0.05) is 11.6 Å². The van der Waals surface area contributed by atoms with Crippen molar-refractivity contribution >= 4 is 21.6 Å². The highest BCUT2D eigenvalue weighted by Gasteiger charge is 2.20. The molecule has 0 saturated heterocycles. The van der Waals surface area contributed by atoms with Crippen molar-refractivity contribution in [2.24, 2.45) is 5.14 Å². The monoisotopic (exact) mass is 256 g/mol. The average molecular weight is 257 g/mol. The Kier molecular flexibility index (Phi) is 3.27. The van der Waals surface area contributed by atoms with Gasteiger partial charge in [0.2, 0.25) is 0 Å². The topological polar surface area (TPSA) is 73.0 Å². The molecular formula is C7H7ClF2N2O2S. The second-order valence-corrected chi connectivity index (χ2v) is 4.70. The molecule has 15 heavy (non-hydrogen) atoms. The Hall–Kier alpha value is -0.790. The standard InChI is InChI=1S/C7H7ClF2N2O2S/c1-3-6(7(9)10)4(8)2-5(12-3)15(11,13)14/h2,7H,1H3,(H2,11,13,14). The summed E-state index contributed by atoms with van der Waals surface area (Å²) in [6.07, 6.45) is -2.81. The fourth-order valence-electron chi connectivity index (χ4n) is 1.02. The van der Waals surface area contributed by atoms with Crippen LogP contribution in [0.2, 0.25) is 5.02 Å². The molecule has 4 nitrogen and oxygen atoms in total. The van der Waals surface area contributed by atoms with E-state index in [1.807, 2.05) is 0 Å². The van der Waals surface area contributed by atoms with Crippen LogP contribution >= 0.6 is 11.6 Å². The van der Waals surface area contributed by atoms with E-state index in [2.05, 4.69) is 4.98 Å². The van der Waals surface area contributed by atoms with E-state index < -0.39 is 27.0 Å². The first kappa shape index (κ1) is 12.3. The minimum absolute atomic E-state index is 0.151. The number of sulfonamides is 1. The summed E-state index contributed by atoms with van der Waals surface area (Å²) in [4.78, 5) is 3.45. The van der Waals surface area contributed by atoms with Crippen LogP contribution in [0, 0.1) is 6.92 Å². The molecule has 84 valence electrons. The maximum atomic E-state index is 12.4. The summed E-state index contributed by atoms with van der Waals surface area (Å²) >= 11 is 5.50. The van der Waals surface area contributed by atoms with E-state index in [1.165, 1.54) is 6.92 Å². The number of halogens is 3. The lowest BCUT2D eigenvalue weighted by Crippen LogP contribution is -2.15. The van der Waals surface area contributed by atoms with Crippen LogP contribution < -0.4 is 5.14 Å². The molecule has 0 saturated carbocycles. The number of nitrogens with two attached hydrogens (primary N) is 1. The highest BCUT2D eigenvalue weighted by Crippen LogP contribution is 2.30. The summed E-state index contributed by atoms with van der Waals surface area (Å²) in [5.74, 6) is 0. The van der Waals surface area contributed by atoms with Gasteiger partial charge in [0.05, 0.1) is 10.6 Å². The lowest BCUT2D eigenvalue weighted by atomic mass is 10.2. The zero-order chi connectivity index (χ0) is 11.8. The summed E-state index contributed by atoms with van der Waals surface area (Å²) in [7, 11) is -4.03. The van der Waals surface area contributed by atoms with Gasteiger partial charge in [-0.05, 0) is 13.0 Å². The van der Waals surface area contributed by atoms with Gasteiger partial charge >= 0.3 is 0 Å². The fraction of sp³-hybridized carbons (Fsp3) is 0.286. The van der Waals surface area contributed by atoms with Crippen molar-refractivity contribution in [1.29, 1.82) is 0 Å². The van der Waals surface area contributed by atoms with Gasteiger partial charge in [0.1, 0.15) is 0 Å². The van der Waals surface area contributed by atoms with Crippen LogP contribution in [0.3, 0.4) is 0 Å². The van der Waals surface area contributed by atoms with Gasteiger partial charge in [-0.25, -0.2) is 27.3 Å². The lowest BCUT2D eigenvalue weighted by molar-refractivity contribution is 0.150. The summed E-state index contributed by atoms with van der Waals surface area (Å²) in [6.45, 7) is 1.24. The predicted octanol–water partition coefficient (Wildman–Crippen LogP) is 1.63. The second-order valence-electron chi connectivity index (χ2n) is 2.79. The minimum atomic E-state index is -4.03. The van der Waals surface area contributed by atoms with Crippen LogP contribution in [0.25, 0.3) is 0 Å². The zero-order valence-corrected chi connectivity index (χ0v) is 9.11. The molecule has 0 amide bonds. The Morgan fingerprint density at radius 3 is 2.40 bits per heavy atom. The number of hydrogen-bond acceptors (Lipinski definition) is 3. The van der Waals surface area contributed by atoms with Gasteiger partial charge in [-0.3, -0.25) is 0 Å². The molecule has 1 aromatic rings. The Bertz CT molecular complexity index is 467. The SMILES string of the molecule is Cc1nc(S(N)(=O)=O)cc(Cl)c1C(F)F. The third-order valence-corrected chi connectivity index (χ3v) is 2.79. The normalized spacial score (nSPS) is 12.1. The smallest absolute Gasteiger partial charge is 0.240 e. The Balaban J connectivity index is 3.45. The largest absolute Gasteiger partial charge is 0.267 e. The maximum absolute atomic E-state index is 12.4. The van der Waals surface area contributed by atoms with E-state index in [1.54, 1.807) is 0 Å². The van der Waals surface area contributed by atoms with Crippen molar-refractivity contribution in [1.82, 2.24) is 4.98 Å². The first-order chi connectivity index (χ1) is 6.73. The molecule has 0 aliphatic rings. The fourth-order valence-corrected chi connectivity index (χ4v) is 1.96. The minimum Gasteiger partial charge on any atom is -0.240 e. The van der Waals surface area contributed by atoms with Crippen LogP contribution in [0.15, 0.2) is 11.1 Å². The van der Waals surface area contributed by atoms with Crippen molar-refractivity contribution in [3.05, 3.63) is 22.3 Å². The Labute approximate surface area is 90.1 Å². The number of nitrogens with zero attached hydrogens (tertiary/aromatic N) is 1. The molecule has 0 fully saturated rings. The van der Waals surface area contributed by atoms with E-state index in [4.69, 9.17) is 16.7 Å². The van der Waals surface area contributed by atoms with Crippen LogP contribution in [0.1, 0.15) is 17.7 Å². The van der Waals surface area contributed by atoms with Gasteiger partial charge in [0.25, 0.3) is 16.4 Å². The zero-order valence-electron chi connectivity index (χ0n) is 7.54. The molecule has 0 aliphatic heterocycles.